The van der Waals surface area contributed by atoms with Crippen LogP contribution < -0.4 is 10.4 Å². The Morgan fingerprint density at radius 1 is 0.388 bits per heavy atom. The van der Waals surface area contributed by atoms with Crippen molar-refractivity contribution in [2.45, 2.75) is 11.1 Å². The van der Waals surface area contributed by atoms with Gasteiger partial charge in [-0.15, -0.1) is 0 Å². The van der Waals surface area contributed by atoms with Crippen molar-refractivity contribution in [1.29, 1.82) is 0 Å². The number of benzene rings is 9. The molecule has 18 rings (SSSR count). The molecule has 2 heteroatoms. The van der Waals surface area contributed by atoms with Crippen molar-refractivity contribution in [3.63, 3.8) is 0 Å². The van der Waals surface area contributed by atoms with E-state index in [0.29, 0.717) is 0 Å². The van der Waals surface area contributed by atoms with Crippen molar-refractivity contribution in [2.24, 2.45) is 4.99 Å². The standard InChI is InChI=1S/C47H15NO/c1-2-4-16(5-3-1)45-48-46-25-14-15-26-24-13-11-22-20-9-7-18-17-6-8-19-21-10-12-23(25)33-31(21)36-29(19)27(17)35-28(18)30(20)37-32(22)34(24)44(47(26,46)49-45)42-40(37)38(35)39(36)41(42)43(33)46/h1-15H. The average molecular weight is 610 g/mol. The van der Waals surface area contributed by atoms with E-state index in [4.69, 9.17) is 9.73 Å². The van der Waals surface area contributed by atoms with Crippen molar-refractivity contribution in [3.05, 3.63) is 118 Å². The predicted octanol–water partition coefficient (Wildman–Crippen LogP) is 9.65. The van der Waals surface area contributed by atoms with Crippen LogP contribution in [-0.2, 0) is 15.9 Å². The molecule has 4 aliphatic carbocycles. The molecule has 0 aromatic heterocycles. The summed E-state index contributed by atoms with van der Waals surface area (Å²) in [5.74, 6) is 0.765. The summed E-state index contributed by atoms with van der Waals surface area (Å²) in [6, 6.07) is 30.1. The minimum atomic E-state index is -0.760. The van der Waals surface area contributed by atoms with Crippen LogP contribution in [-0.4, -0.2) is 5.90 Å². The van der Waals surface area contributed by atoms with Crippen LogP contribution in [0, 0.1) is 0 Å². The van der Waals surface area contributed by atoms with Gasteiger partial charge in [-0.1, -0.05) is 78.9 Å². The van der Waals surface area contributed by atoms with E-state index >= 15 is 0 Å². The maximum Gasteiger partial charge on any atom is 0.218 e. The average Bonchev–Trinajstić information content (AvgIpc) is 3.98. The van der Waals surface area contributed by atoms with Crippen LogP contribution >= 0.6 is 0 Å². The fourth-order valence-corrected chi connectivity index (χ4v) is 13.6. The topological polar surface area (TPSA) is 21.6 Å². The molecule has 1 aliphatic heterocycles. The second-order valence-electron chi connectivity index (χ2n) is 15.8. The molecular weight excluding hydrogens is 595 g/mol. The number of hydrogen-bond acceptors (Lipinski definition) is 2. The van der Waals surface area contributed by atoms with E-state index in [2.05, 4.69) is 91.0 Å². The third-order valence-corrected chi connectivity index (χ3v) is 14.7. The van der Waals surface area contributed by atoms with Gasteiger partial charge in [0.1, 0.15) is 0 Å². The van der Waals surface area contributed by atoms with Gasteiger partial charge in [-0.05, 0) is 147 Å². The van der Waals surface area contributed by atoms with Gasteiger partial charge in [0.2, 0.25) is 5.90 Å². The molecule has 0 saturated carbocycles. The summed E-state index contributed by atoms with van der Waals surface area (Å²) in [4.78, 5) is 5.98. The Bertz CT molecular complexity index is 4060. The van der Waals surface area contributed by atoms with Crippen molar-refractivity contribution in [3.8, 4) is 0 Å². The summed E-state index contributed by atoms with van der Waals surface area (Å²) in [5.41, 5.74) is 4.97. The smallest absolute Gasteiger partial charge is 0.218 e. The molecule has 49 heavy (non-hydrogen) atoms. The summed E-state index contributed by atoms with van der Waals surface area (Å²) < 4.78 is 7.73. The molecule has 2 atom stereocenters. The van der Waals surface area contributed by atoms with E-state index in [-0.39, 0.29) is 0 Å². The molecule has 214 valence electrons. The minimum absolute atomic E-state index is 0.691. The molecule has 13 aromatic rings. The zero-order valence-corrected chi connectivity index (χ0v) is 25.5. The normalized spacial score (nSPS) is 23.4. The molecule has 13 aromatic carbocycles. The van der Waals surface area contributed by atoms with Crippen LogP contribution in [0.1, 0.15) is 16.7 Å². The van der Waals surface area contributed by atoms with E-state index in [1.54, 1.807) is 0 Å². The highest BCUT2D eigenvalue weighted by Crippen LogP contribution is 2.75. The lowest BCUT2D eigenvalue weighted by Crippen LogP contribution is -2.49. The second kappa shape index (κ2) is 5.45. The Balaban J connectivity index is 1.33. The zero-order valence-electron chi connectivity index (χ0n) is 25.5. The monoisotopic (exact) mass is 609 g/mol. The third kappa shape index (κ3) is 1.44. The predicted molar refractivity (Wildman–Crippen MR) is 201 cm³/mol. The van der Waals surface area contributed by atoms with Crippen LogP contribution in [0.3, 0.4) is 0 Å². The molecule has 5 aliphatic rings. The molecule has 0 radical (unpaired) electrons. The summed E-state index contributed by atoms with van der Waals surface area (Å²) >= 11 is 0. The maximum absolute atomic E-state index is 7.73. The first kappa shape index (κ1) is 20.9. The Morgan fingerprint density at radius 3 is 1.45 bits per heavy atom. The highest BCUT2D eigenvalue weighted by atomic mass is 16.5. The lowest BCUT2D eigenvalue weighted by molar-refractivity contribution is 0.0945. The summed E-state index contributed by atoms with van der Waals surface area (Å²) in [6.07, 6.45) is 4.83. The van der Waals surface area contributed by atoms with E-state index in [0.717, 1.165) is 11.5 Å². The highest BCUT2D eigenvalue weighted by Gasteiger charge is 2.72. The molecule has 0 amide bonds. The van der Waals surface area contributed by atoms with E-state index in [1.165, 1.54) is 151 Å². The third-order valence-electron chi connectivity index (χ3n) is 14.7. The number of hydrogen-bond donors (Lipinski definition) is 0. The van der Waals surface area contributed by atoms with Gasteiger partial charge < -0.3 is 4.74 Å². The Morgan fingerprint density at radius 2 is 0.837 bits per heavy atom. The van der Waals surface area contributed by atoms with E-state index < -0.39 is 11.1 Å². The fraction of sp³-hybridized carbons (Fsp3) is 0.0426. The van der Waals surface area contributed by atoms with Gasteiger partial charge in [0, 0.05) is 22.3 Å². The maximum atomic E-state index is 7.73. The quantitative estimate of drug-likeness (QED) is 0.170. The molecule has 2 nitrogen and oxygen atoms in total. The summed E-state index contributed by atoms with van der Waals surface area (Å²) in [7, 11) is 0. The molecule has 0 saturated heterocycles. The van der Waals surface area contributed by atoms with Crippen LogP contribution in [0.5, 0.6) is 0 Å². The fourth-order valence-electron chi connectivity index (χ4n) is 13.6. The first-order valence-corrected chi connectivity index (χ1v) is 17.6. The Labute approximate surface area is 273 Å². The molecule has 1 heterocycles. The second-order valence-corrected chi connectivity index (χ2v) is 15.8. The van der Waals surface area contributed by atoms with Gasteiger partial charge in [0.05, 0.1) is 0 Å². The Hall–Kier alpha value is -6.25. The van der Waals surface area contributed by atoms with Crippen molar-refractivity contribution in [2.75, 3.05) is 0 Å². The lowest BCUT2D eigenvalue weighted by atomic mass is 9.60. The number of ether oxygens (including phenoxy) is 1. The summed E-state index contributed by atoms with van der Waals surface area (Å²) in [6.45, 7) is 0. The van der Waals surface area contributed by atoms with E-state index in [9.17, 15) is 0 Å². The van der Waals surface area contributed by atoms with Gasteiger partial charge in [0.25, 0.3) is 0 Å². The van der Waals surface area contributed by atoms with Crippen LogP contribution in [0.2, 0.25) is 0 Å². The number of rotatable bonds is 1. The molecule has 2 unspecified atom stereocenters. The van der Waals surface area contributed by atoms with Gasteiger partial charge in [-0.2, -0.15) is 0 Å². The summed E-state index contributed by atoms with van der Waals surface area (Å²) in [5, 5.41) is 34.6. The minimum Gasteiger partial charge on any atom is -0.457 e. The van der Waals surface area contributed by atoms with Crippen molar-refractivity contribution < 1.29 is 4.74 Å². The van der Waals surface area contributed by atoms with Crippen LogP contribution in [0.15, 0.2) is 96.0 Å². The number of aliphatic imine (C=N–C) groups is 1. The van der Waals surface area contributed by atoms with Gasteiger partial charge >= 0.3 is 0 Å². The highest BCUT2D eigenvalue weighted by molar-refractivity contribution is 6.64. The number of fused-ring (bicyclic) bond motifs is 3. The molecular formula is C47H15NO. The largest absolute Gasteiger partial charge is 0.457 e. The molecule has 0 N–H and O–H groups in total. The van der Waals surface area contributed by atoms with Crippen LogP contribution in [0.4, 0.5) is 0 Å². The van der Waals surface area contributed by atoms with Crippen LogP contribution in [0.25, 0.3) is 130 Å². The van der Waals surface area contributed by atoms with Gasteiger partial charge in [-0.25, -0.2) is 4.99 Å². The lowest BCUT2D eigenvalue weighted by Gasteiger charge is -2.47. The van der Waals surface area contributed by atoms with Crippen molar-refractivity contribution >= 4 is 136 Å². The van der Waals surface area contributed by atoms with E-state index in [1.807, 2.05) is 0 Å². The molecule has 2 spiro atoms. The van der Waals surface area contributed by atoms with Crippen molar-refractivity contribution in [1.82, 2.24) is 0 Å². The van der Waals surface area contributed by atoms with Gasteiger partial charge in [-0.3, -0.25) is 0 Å². The Kier molecular flexibility index (Phi) is 2.32. The molecule has 0 fully saturated rings. The SMILES string of the molecule is C1=CC2=c3ccc4c5ccc6c7ccc8c9ccc%10c%11c%12c%13c%14c(c3c4c3c5c6c4c7c8c(c%119)c%13c4c%143)C23OC(c2ccccc2)=NC%123C=%101. The number of nitrogens with zero attached hydrogens (tertiary/aromatic N) is 1. The van der Waals surface area contributed by atoms with Gasteiger partial charge in [0.15, 0.2) is 11.1 Å². The first-order chi connectivity index (χ1) is 24.3. The molecule has 0 bridgehead atoms. The zero-order chi connectivity index (χ0) is 30.3. The first-order valence-electron chi connectivity index (χ1n) is 17.6.